The third-order valence-electron chi connectivity index (χ3n) is 4.25. The molecule has 1 fully saturated rings. The lowest BCUT2D eigenvalue weighted by atomic mass is 9.97. The van der Waals surface area contributed by atoms with Crippen LogP contribution in [0.4, 0.5) is 13.2 Å². The van der Waals surface area contributed by atoms with Crippen molar-refractivity contribution in [2.75, 3.05) is 6.61 Å². The van der Waals surface area contributed by atoms with Crippen LogP contribution in [0.25, 0.3) is 0 Å². The molecule has 1 amide bonds. The van der Waals surface area contributed by atoms with E-state index in [0.29, 0.717) is 0 Å². The number of amides is 1. The van der Waals surface area contributed by atoms with Gasteiger partial charge in [-0.05, 0) is 37.1 Å². The first-order valence-corrected chi connectivity index (χ1v) is 8.50. The summed E-state index contributed by atoms with van der Waals surface area (Å²) in [5.74, 6) is -1.20. The van der Waals surface area contributed by atoms with Crippen molar-refractivity contribution in [1.29, 1.82) is 0 Å². The largest absolute Gasteiger partial charge is 0.452 e. The van der Waals surface area contributed by atoms with Gasteiger partial charge in [0.1, 0.15) is 0 Å². The van der Waals surface area contributed by atoms with Crippen molar-refractivity contribution in [3.63, 3.8) is 0 Å². The first kappa shape index (κ1) is 19.3. The number of esters is 1. The minimum Gasteiger partial charge on any atom is -0.452 e. The van der Waals surface area contributed by atoms with Crippen molar-refractivity contribution in [3.8, 4) is 0 Å². The molecule has 1 aliphatic rings. The van der Waals surface area contributed by atoms with Crippen LogP contribution in [-0.2, 0) is 15.7 Å². The number of halogens is 3. The van der Waals surface area contributed by atoms with E-state index in [2.05, 4.69) is 5.32 Å². The summed E-state index contributed by atoms with van der Waals surface area (Å²) >= 11 is 0. The molecule has 0 aromatic heterocycles. The second-order valence-corrected chi connectivity index (χ2v) is 6.26. The third-order valence-corrected chi connectivity index (χ3v) is 4.25. The van der Waals surface area contributed by atoms with Crippen LogP contribution >= 0.6 is 0 Å². The maximum absolute atomic E-state index is 12.5. The standard InChI is InChI=1S/C18H22F3NO3/c19-18(20,21)14-10-8-13(9-11-14)17(24)25-12-16(23)22-15-6-4-2-1-3-5-7-15/h8-11,15H,1-7,12H2,(H,22,23). The van der Waals surface area contributed by atoms with Gasteiger partial charge < -0.3 is 10.1 Å². The van der Waals surface area contributed by atoms with Crippen LogP contribution in [0.5, 0.6) is 0 Å². The molecule has 1 aromatic carbocycles. The summed E-state index contributed by atoms with van der Waals surface area (Å²) in [6, 6.07) is 3.80. The number of carbonyl (C=O) groups excluding carboxylic acids is 2. The number of hydrogen-bond donors (Lipinski definition) is 1. The molecule has 1 aliphatic carbocycles. The predicted octanol–water partition coefficient (Wildman–Crippen LogP) is 4.09. The molecule has 1 aromatic rings. The van der Waals surface area contributed by atoms with Gasteiger partial charge in [0.25, 0.3) is 5.91 Å². The van der Waals surface area contributed by atoms with E-state index in [1.54, 1.807) is 0 Å². The molecule has 2 rings (SSSR count). The molecular weight excluding hydrogens is 335 g/mol. The van der Waals surface area contributed by atoms with E-state index in [1.165, 1.54) is 6.42 Å². The Morgan fingerprint density at radius 2 is 1.56 bits per heavy atom. The smallest absolute Gasteiger partial charge is 0.416 e. The van der Waals surface area contributed by atoms with Gasteiger partial charge in [-0.15, -0.1) is 0 Å². The predicted molar refractivity (Wildman–Crippen MR) is 86.0 cm³/mol. The molecule has 138 valence electrons. The SMILES string of the molecule is O=C(COC(=O)c1ccc(C(F)(F)F)cc1)NC1CCCCCCC1. The number of ether oxygens (including phenoxy) is 1. The topological polar surface area (TPSA) is 55.4 Å². The maximum Gasteiger partial charge on any atom is 0.416 e. The van der Waals surface area contributed by atoms with Crippen molar-refractivity contribution in [3.05, 3.63) is 35.4 Å². The highest BCUT2D eigenvalue weighted by molar-refractivity contribution is 5.91. The molecule has 25 heavy (non-hydrogen) atoms. The third kappa shape index (κ3) is 6.40. The van der Waals surface area contributed by atoms with Crippen molar-refractivity contribution in [1.82, 2.24) is 5.32 Å². The van der Waals surface area contributed by atoms with E-state index in [0.717, 1.165) is 62.8 Å². The highest BCUT2D eigenvalue weighted by Gasteiger charge is 2.30. The molecule has 1 saturated carbocycles. The fourth-order valence-corrected chi connectivity index (χ4v) is 2.88. The van der Waals surface area contributed by atoms with E-state index in [4.69, 9.17) is 4.74 Å². The van der Waals surface area contributed by atoms with Crippen molar-refractivity contribution in [2.45, 2.75) is 57.2 Å². The maximum atomic E-state index is 12.5. The number of benzene rings is 1. The molecule has 0 heterocycles. The first-order chi connectivity index (χ1) is 11.9. The van der Waals surface area contributed by atoms with Crippen LogP contribution in [0.1, 0.15) is 60.9 Å². The molecular formula is C18H22F3NO3. The molecule has 0 spiro atoms. The van der Waals surface area contributed by atoms with Gasteiger partial charge in [-0.3, -0.25) is 4.79 Å². The monoisotopic (exact) mass is 357 g/mol. The lowest BCUT2D eigenvalue weighted by Gasteiger charge is -2.20. The summed E-state index contributed by atoms with van der Waals surface area (Å²) < 4.78 is 42.3. The van der Waals surface area contributed by atoms with Gasteiger partial charge in [0.2, 0.25) is 0 Å². The molecule has 7 heteroatoms. The second-order valence-electron chi connectivity index (χ2n) is 6.26. The Morgan fingerprint density at radius 3 is 2.12 bits per heavy atom. The zero-order valence-corrected chi connectivity index (χ0v) is 13.9. The van der Waals surface area contributed by atoms with E-state index < -0.39 is 24.3 Å². The summed E-state index contributed by atoms with van der Waals surface area (Å²) in [5.41, 5.74) is -0.863. The summed E-state index contributed by atoms with van der Waals surface area (Å²) in [6.45, 7) is -0.434. The fourth-order valence-electron chi connectivity index (χ4n) is 2.88. The van der Waals surface area contributed by atoms with Gasteiger partial charge in [-0.25, -0.2) is 4.79 Å². The Balaban J connectivity index is 1.79. The van der Waals surface area contributed by atoms with Crippen LogP contribution in [0, 0.1) is 0 Å². The summed E-state index contributed by atoms with van der Waals surface area (Å²) in [6.07, 6.45) is 3.06. The number of hydrogen-bond acceptors (Lipinski definition) is 3. The Bertz CT molecular complexity index is 576. The van der Waals surface area contributed by atoms with Crippen molar-refractivity contribution < 1.29 is 27.5 Å². The lowest BCUT2D eigenvalue weighted by Crippen LogP contribution is -2.38. The summed E-state index contributed by atoms with van der Waals surface area (Å²) in [7, 11) is 0. The van der Waals surface area contributed by atoms with Crippen molar-refractivity contribution >= 4 is 11.9 Å². The van der Waals surface area contributed by atoms with Gasteiger partial charge in [-0.2, -0.15) is 13.2 Å². The van der Waals surface area contributed by atoms with Gasteiger partial charge in [0.05, 0.1) is 11.1 Å². The molecule has 0 bridgehead atoms. The van der Waals surface area contributed by atoms with Crippen molar-refractivity contribution in [2.24, 2.45) is 0 Å². The minimum absolute atomic E-state index is 0.0215. The van der Waals surface area contributed by atoms with E-state index >= 15 is 0 Å². The number of alkyl halides is 3. The van der Waals surface area contributed by atoms with Gasteiger partial charge in [0, 0.05) is 6.04 Å². The normalized spacial score (nSPS) is 16.6. The van der Waals surface area contributed by atoms with E-state index in [1.807, 2.05) is 0 Å². The molecule has 0 radical (unpaired) electrons. The lowest BCUT2D eigenvalue weighted by molar-refractivity contribution is -0.137. The van der Waals surface area contributed by atoms with Gasteiger partial charge >= 0.3 is 12.1 Å². The number of nitrogens with one attached hydrogen (secondary N) is 1. The number of rotatable bonds is 4. The molecule has 0 saturated heterocycles. The first-order valence-electron chi connectivity index (χ1n) is 8.50. The summed E-state index contributed by atoms with van der Waals surface area (Å²) in [5, 5.41) is 2.86. The van der Waals surface area contributed by atoms with Gasteiger partial charge in [-0.1, -0.05) is 32.1 Å². The fraction of sp³-hybridized carbons (Fsp3) is 0.556. The Morgan fingerprint density at radius 1 is 1.00 bits per heavy atom. The Hall–Kier alpha value is -2.05. The molecule has 0 aliphatic heterocycles. The van der Waals surface area contributed by atoms with Crippen LogP contribution in [0.2, 0.25) is 0 Å². The summed E-state index contributed by atoms with van der Waals surface area (Å²) in [4.78, 5) is 23.7. The zero-order chi connectivity index (χ0) is 18.3. The quantitative estimate of drug-likeness (QED) is 0.826. The Kier molecular flexibility index (Phi) is 6.84. The number of carbonyl (C=O) groups is 2. The van der Waals surface area contributed by atoms with Crippen LogP contribution in [0.15, 0.2) is 24.3 Å². The van der Waals surface area contributed by atoms with E-state index in [9.17, 15) is 22.8 Å². The van der Waals surface area contributed by atoms with Crippen LogP contribution in [0.3, 0.4) is 0 Å². The molecule has 0 unspecified atom stereocenters. The molecule has 4 nitrogen and oxygen atoms in total. The van der Waals surface area contributed by atoms with E-state index in [-0.39, 0.29) is 17.5 Å². The molecule has 1 N–H and O–H groups in total. The minimum atomic E-state index is -4.46. The highest BCUT2D eigenvalue weighted by atomic mass is 19.4. The van der Waals surface area contributed by atoms with Crippen LogP contribution < -0.4 is 5.32 Å². The zero-order valence-electron chi connectivity index (χ0n) is 13.9. The molecule has 0 atom stereocenters. The average molecular weight is 357 g/mol. The second kappa shape index (κ2) is 8.87. The van der Waals surface area contributed by atoms with Crippen LogP contribution in [-0.4, -0.2) is 24.5 Å². The van der Waals surface area contributed by atoms with Gasteiger partial charge in [0.15, 0.2) is 6.61 Å². The Labute approximate surface area is 144 Å². The highest BCUT2D eigenvalue weighted by Crippen LogP contribution is 2.29. The average Bonchev–Trinajstić information content (AvgIpc) is 2.54.